The normalized spacial score (nSPS) is 11.6. The van der Waals surface area contributed by atoms with E-state index in [1.807, 2.05) is 18.3 Å². The molecule has 3 aromatic rings. The molecular weight excluding hydrogens is 333 g/mol. The predicted octanol–water partition coefficient (Wildman–Crippen LogP) is 6.51. The van der Waals surface area contributed by atoms with Gasteiger partial charge in [0.2, 0.25) is 0 Å². The minimum atomic E-state index is -0.745. The van der Waals surface area contributed by atoms with E-state index in [1.165, 1.54) is 5.56 Å². The lowest BCUT2D eigenvalue weighted by molar-refractivity contribution is 0.336. The van der Waals surface area contributed by atoms with Crippen molar-refractivity contribution in [1.29, 1.82) is 0 Å². The van der Waals surface area contributed by atoms with Gasteiger partial charge in [0.25, 0.3) is 0 Å². The first-order valence-corrected chi connectivity index (χ1v) is 9.38. The average molecular weight is 357 g/mol. The Morgan fingerprint density at radius 1 is 1.11 bits per heavy atom. The molecule has 0 radical (unpaired) electrons. The Hall–Kier alpha value is -2.92. The number of aromatic nitrogens is 1. The fourth-order valence-corrected chi connectivity index (χ4v) is 2.99. The molecule has 0 spiro atoms. The minimum absolute atomic E-state index is 0.577. The lowest BCUT2D eigenvalue weighted by Crippen LogP contribution is -1.90. The highest BCUT2D eigenvalue weighted by molar-refractivity contribution is 5.86. The van der Waals surface area contributed by atoms with Gasteiger partial charge in [-0.15, -0.1) is 6.58 Å². The van der Waals surface area contributed by atoms with Crippen molar-refractivity contribution in [2.45, 2.75) is 38.8 Å². The van der Waals surface area contributed by atoms with E-state index < -0.39 is 6.17 Å². The summed E-state index contributed by atoms with van der Waals surface area (Å²) in [5.41, 5.74) is 4.29. The van der Waals surface area contributed by atoms with Gasteiger partial charge in [0.15, 0.2) is 0 Å². The average Bonchev–Trinajstić information content (AvgIpc) is 2.68. The summed E-state index contributed by atoms with van der Waals surface area (Å²) in [6.45, 7) is 5.37. The quantitative estimate of drug-likeness (QED) is 0.278. The maximum Gasteiger partial charge on any atom is 0.0973 e. The molecule has 0 saturated heterocycles. The number of halogens is 1. The van der Waals surface area contributed by atoms with Crippen LogP contribution in [-0.4, -0.2) is 11.2 Å². The highest BCUT2D eigenvalue weighted by Gasteiger charge is 2.02. The molecule has 1 unspecified atom stereocenters. The predicted molar refractivity (Wildman–Crippen MR) is 112 cm³/mol. The first-order chi connectivity index (χ1) is 13.2. The van der Waals surface area contributed by atoms with Crippen molar-refractivity contribution >= 4 is 10.8 Å². The number of unbranched alkanes of at least 4 members (excludes halogenated alkanes) is 1. The molecule has 1 heterocycles. The Morgan fingerprint density at radius 3 is 2.67 bits per heavy atom. The van der Waals surface area contributed by atoms with Crippen molar-refractivity contribution in [3.8, 4) is 23.1 Å². The van der Waals surface area contributed by atoms with Crippen LogP contribution in [0.2, 0.25) is 0 Å². The number of allylic oxidation sites excluding steroid dienone is 1. The van der Waals surface area contributed by atoms with Gasteiger partial charge in [-0.1, -0.05) is 48.2 Å². The molecule has 1 atom stereocenters. The number of fused-ring (bicyclic) bond motifs is 1. The largest absolute Gasteiger partial charge is 0.256 e. The second kappa shape index (κ2) is 9.14. The van der Waals surface area contributed by atoms with Gasteiger partial charge in [-0.05, 0) is 55.3 Å². The Balaban J connectivity index is 1.75. The van der Waals surface area contributed by atoms with Crippen molar-refractivity contribution in [3.63, 3.8) is 0 Å². The van der Waals surface area contributed by atoms with Crippen molar-refractivity contribution in [2.75, 3.05) is 0 Å². The molecule has 3 rings (SSSR count). The number of hydrogen-bond acceptors (Lipinski definition) is 1. The maximum absolute atomic E-state index is 12.8. The highest BCUT2D eigenvalue weighted by Crippen LogP contribution is 2.23. The van der Waals surface area contributed by atoms with Gasteiger partial charge in [0.1, 0.15) is 0 Å². The summed E-state index contributed by atoms with van der Waals surface area (Å²) in [5, 5.41) is 2.22. The van der Waals surface area contributed by atoms with E-state index in [-0.39, 0.29) is 0 Å². The van der Waals surface area contributed by atoms with Crippen molar-refractivity contribution in [3.05, 3.63) is 78.5 Å². The fraction of sp³-hybridized carbons (Fsp3) is 0.240. The highest BCUT2D eigenvalue weighted by atomic mass is 19.1. The Morgan fingerprint density at radius 2 is 1.93 bits per heavy atom. The molecule has 0 aliphatic carbocycles. The molecule has 0 aliphatic heterocycles. The van der Waals surface area contributed by atoms with E-state index in [9.17, 15) is 4.39 Å². The van der Waals surface area contributed by atoms with Crippen LogP contribution >= 0.6 is 0 Å². The standard InChI is InChI=1S/C25H24FN/c1-3-7-20-10-13-22(14-11-20)25-17-23-15-12-21(16-24(23)18-27-25)9-6-4-5-8-19(2)26/h3,10-19H,1,4-5,7-8H2,2H3. The monoisotopic (exact) mass is 357 g/mol. The van der Waals surface area contributed by atoms with Crippen molar-refractivity contribution < 1.29 is 4.39 Å². The van der Waals surface area contributed by atoms with Crippen molar-refractivity contribution in [1.82, 2.24) is 4.98 Å². The third-order valence-electron chi connectivity index (χ3n) is 4.49. The fourth-order valence-electron chi connectivity index (χ4n) is 2.99. The summed E-state index contributed by atoms with van der Waals surface area (Å²) >= 11 is 0. The second-order valence-electron chi connectivity index (χ2n) is 6.80. The van der Waals surface area contributed by atoms with E-state index in [1.54, 1.807) is 6.92 Å². The molecule has 0 bridgehead atoms. The van der Waals surface area contributed by atoms with E-state index in [0.29, 0.717) is 6.42 Å². The van der Waals surface area contributed by atoms with Gasteiger partial charge in [-0.2, -0.15) is 0 Å². The molecule has 136 valence electrons. The van der Waals surface area contributed by atoms with Crippen LogP contribution in [0.3, 0.4) is 0 Å². The number of rotatable bonds is 6. The molecule has 1 aromatic heterocycles. The molecule has 0 fully saturated rings. The zero-order chi connectivity index (χ0) is 19.1. The van der Waals surface area contributed by atoms with Crippen LogP contribution < -0.4 is 0 Å². The smallest absolute Gasteiger partial charge is 0.0973 e. The molecular formula is C25H24FN. The van der Waals surface area contributed by atoms with Gasteiger partial charge in [-0.3, -0.25) is 4.98 Å². The lowest BCUT2D eigenvalue weighted by Gasteiger charge is -2.05. The van der Waals surface area contributed by atoms with Crippen LogP contribution in [0.25, 0.3) is 22.0 Å². The number of benzene rings is 2. The summed E-state index contributed by atoms with van der Waals surface area (Å²) in [7, 11) is 0. The molecule has 0 N–H and O–H groups in total. The van der Waals surface area contributed by atoms with Gasteiger partial charge < -0.3 is 0 Å². The van der Waals surface area contributed by atoms with Crippen molar-refractivity contribution in [2.24, 2.45) is 0 Å². The summed E-state index contributed by atoms with van der Waals surface area (Å²) in [6, 6.07) is 16.7. The van der Waals surface area contributed by atoms with Gasteiger partial charge in [0, 0.05) is 29.1 Å². The first kappa shape index (κ1) is 18.9. The molecule has 2 heteroatoms. The van der Waals surface area contributed by atoms with E-state index >= 15 is 0 Å². The Labute approximate surface area is 161 Å². The summed E-state index contributed by atoms with van der Waals surface area (Å²) in [5.74, 6) is 6.30. The third kappa shape index (κ3) is 5.28. The number of alkyl halides is 1. The topological polar surface area (TPSA) is 12.9 Å². The van der Waals surface area contributed by atoms with E-state index in [2.05, 4.69) is 65.9 Å². The van der Waals surface area contributed by atoms with Crippen LogP contribution in [-0.2, 0) is 6.42 Å². The van der Waals surface area contributed by atoms with E-state index in [0.717, 1.165) is 46.9 Å². The molecule has 1 nitrogen and oxygen atoms in total. The number of pyridine rings is 1. The summed E-state index contributed by atoms with van der Waals surface area (Å²) in [4.78, 5) is 4.61. The Bertz CT molecular complexity index is 975. The molecule has 0 saturated carbocycles. The number of hydrogen-bond donors (Lipinski definition) is 0. The third-order valence-corrected chi connectivity index (χ3v) is 4.49. The summed E-state index contributed by atoms with van der Waals surface area (Å²) in [6.07, 6.45) is 6.05. The second-order valence-corrected chi connectivity index (χ2v) is 6.80. The van der Waals surface area contributed by atoms with Crippen LogP contribution in [0.1, 0.15) is 37.3 Å². The van der Waals surface area contributed by atoms with Crippen LogP contribution in [0.15, 0.2) is 67.4 Å². The van der Waals surface area contributed by atoms with Gasteiger partial charge >= 0.3 is 0 Å². The Kier molecular flexibility index (Phi) is 6.39. The SMILES string of the molecule is C=CCc1ccc(-c2cc3ccc(C#CCCCC(C)F)cc3cn2)cc1. The zero-order valence-corrected chi connectivity index (χ0v) is 15.7. The first-order valence-electron chi connectivity index (χ1n) is 9.38. The molecule has 0 amide bonds. The van der Waals surface area contributed by atoms with Crippen LogP contribution in [0.5, 0.6) is 0 Å². The van der Waals surface area contributed by atoms with E-state index in [4.69, 9.17) is 0 Å². The minimum Gasteiger partial charge on any atom is -0.256 e. The molecule has 0 aliphatic rings. The zero-order valence-electron chi connectivity index (χ0n) is 15.7. The number of nitrogens with zero attached hydrogens (tertiary/aromatic N) is 1. The van der Waals surface area contributed by atoms with Crippen LogP contribution in [0, 0.1) is 11.8 Å². The van der Waals surface area contributed by atoms with Gasteiger partial charge in [0.05, 0.1) is 11.9 Å². The molecule has 27 heavy (non-hydrogen) atoms. The molecule has 2 aromatic carbocycles. The maximum atomic E-state index is 12.8. The summed E-state index contributed by atoms with van der Waals surface area (Å²) < 4.78 is 12.8. The van der Waals surface area contributed by atoms with Gasteiger partial charge in [-0.25, -0.2) is 4.39 Å². The lowest BCUT2D eigenvalue weighted by atomic mass is 10.0. The van der Waals surface area contributed by atoms with Crippen LogP contribution in [0.4, 0.5) is 4.39 Å².